The smallest absolute Gasteiger partial charge is 0.306 e. The van der Waals surface area contributed by atoms with Crippen molar-refractivity contribution < 1.29 is 24.5 Å². The Hall–Kier alpha value is -2.18. The number of aliphatic hydroxyl groups is 2. The van der Waals surface area contributed by atoms with Crippen LogP contribution in [0.15, 0.2) is 48.6 Å². The second kappa shape index (κ2) is 44.9. The number of unbranched alkanes of at least 4 members (excludes halogenated alkanes) is 26. The highest BCUT2D eigenvalue weighted by molar-refractivity contribution is 5.77. The number of nitrogens with one attached hydrogen (secondary N) is 1. The van der Waals surface area contributed by atoms with Crippen molar-refractivity contribution in [1.82, 2.24) is 5.32 Å². The Morgan fingerprint density at radius 1 is 0.526 bits per heavy atom. The van der Waals surface area contributed by atoms with Crippen molar-refractivity contribution in [3.05, 3.63) is 48.6 Å². The van der Waals surface area contributed by atoms with E-state index in [9.17, 15) is 19.8 Å². The largest absolute Gasteiger partial charge is 0.462 e. The van der Waals surface area contributed by atoms with Gasteiger partial charge in [-0.2, -0.15) is 0 Å². The van der Waals surface area contributed by atoms with Crippen molar-refractivity contribution >= 4 is 11.9 Å². The average molecular weight is 800 g/mol. The summed E-state index contributed by atoms with van der Waals surface area (Å²) in [5.41, 5.74) is 0. The SMILES string of the molecule is CC/C=C/C=C/C=C/C=C\CCCCCC(CC(=O)NC(CO)C(O)CCCCCCCCCCCCCCCCCC)OC(=O)CCCCCCCCCCC. The number of esters is 1. The zero-order valence-electron chi connectivity index (χ0n) is 37.7. The molecule has 332 valence electrons. The molecule has 0 rings (SSSR count). The number of aliphatic hydroxyl groups excluding tert-OH is 2. The van der Waals surface area contributed by atoms with Crippen molar-refractivity contribution in [2.45, 2.75) is 257 Å². The summed E-state index contributed by atoms with van der Waals surface area (Å²) < 4.78 is 5.88. The van der Waals surface area contributed by atoms with E-state index < -0.39 is 18.2 Å². The molecule has 0 aromatic rings. The highest BCUT2D eigenvalue weighted by Gasteiger charge is 2.24. The van der Waals surface area contributed by atoms with Gasteiger partial charge in [-0.25, -0.2) is 0 Å². The van der Waals surface area contributed by atoms with E-state index >= 15 is 0 Å². The number of ether oxygens (including phenoxy) is 1. The zero-order chi connectivity index (χ0) is 41.7. The minimum Gasteiger partial charge on any atom is -0.462 e. The number of amides is 1. The second-order valence-electron chi connectivity index (χ2n) is 16.6. The first-order valence-electron chi connectivity index (χ1n) is 24.4. The minimum absolute atomic E-state index is 0.0530. The molecular formula is C51H93NO5. The molecule has 0 aliphatic rings. The number of hydrogen-bond donors (Lipinski definition) is 3. The Morgan fingerprint density at radius 2 is 0.947 bits per heavy atom. The van der Waals surface area contributed by atoms with E-state index in [4.69, 9.17) is 4.74 Å². The van der Waals surface area contributed by atoms with Crippen molar-refractivity contribution in [3.63, 3.8) is 0 Å². The summed E-state index contributed by atoms with van der Waals surface area (Å²) in [6.07, 6.45) is 53.2. The number of rotatable bonds is 43. The van der Waals surface area contributed by atoms with Gasteiger partial charge in [0, 0.05) is 6.42 Å². The molecule has 6 nitrogen and oxygen atoms in total. The number of hydrogen-bond acceptors (Lipinski definition) is 5. The number of carbonyl (C=O) groups excluding carboxylic acids is 2. The Labute approximate surface area is 353 Å². The van der Waals surface area contributed by atoms with Crippen molar-refractivity contribution in [3.8, 4) is 0 Å². The molecule has 0 aliphatic heterocycles. The van der Waals surface area contributed by atoms with E-state index in [-0.39, 0.29) is 24.9 Å². The third-order valence-electron chi connectivity index (χ3n) is 11.0. The molecule has 0 fully saturated rings. The lowest BCUT2D eigenvalue weighted by molar-refractivity contribution is -0.151. The molecule has 3 N–H and O–H groups in total. The van der Waals surface area contributed by atoms with Gasteiger partial charge in [0.2, 0.25) is 5.91 Å². The standard InChI is InChI=1S/C51H93NO5/c1-4-7-10-13-16-19-21-23-24-25-27-29-32-34-37-40-43-49(54)48(46-53)52-50(55)45-47(57-51(56)44-41-38-35-30-18-15-12-9-6-3)42-39-36-33-31-28-26-22-20-17-14-11-8-5-2/h8,11,14,17,20,22,26,28,47-49,53-54H,4-7,9-10,12-13,15-16,18-19,21,23-25,27,29-46H2,1-3H3,(H,52,55)/b11-8+,17-14+,22-20+,28-26-. The van der Waals surface area contributed by atoms with E-state index in [1.165, 1.54) is 122 Å². The Kier molecular flexibility index (Phi) is 43.2. The summed E-state index contributed by atoms with van der Waals surface area (Å²) in [6.45, 7) is 6.32. The molecule has 3 unspecified atom stereocenters. The van der Waals surface area contributed by atoms with Crippen LogP contribution < -0.4 is 5.32 Å². The van der Waals surface area contributed by atoms with Crippen LogP contribution in [-0.4, -0.2) is 46.9 Å². The molecule has 0 bridgehead atoms. The molecular weight excluding hydrogens is 707 g/mol. The predicted molar refractivity (Wildman–Crippen MR) is 245 cm³/mol. The van der Waals surface area contributed by atoms with Crippen molar-refractivity contribution in [1.29, 1.82) is 0 Å². The summed E-state index contributed by atoms with van der Waals surface area (Å²) in [5.74, 6) is -0.512. The van der Waals surface area contributed by atoms with Crippen LogP contribution in [0.25, 0.3) is 0 Å². The molecule has 1 amide bonds. The van der Waals surface area contributed by atoms with E-state index in [0.717, 1.165) is 70.6 Å². The van der Waals surface area contributed by atoms with Gasteiger partial charge < -0.3 is 20.3 Å². The molecule has 0 heterocycles. The Bertz CT molecular complexity index is 988. The van der Waals surface area contributed by atoms with E-state index in [1.807, 2.05) is 24.3 Å². The van der Waals surface area contributed by atoms with Crippen LogP contribution in [0.1, 0.15) is 239 Å². The third-order valence-corrected chi connectivity index (χ3v) is 11.0. The van der Waals surface area contributed by atoms with Crippen molar-refractivity contribution in [2.75, 3.05) is 6.61 Å². The summed E-state index contributed by atoms with van der Waals surface area (Å²) >= 11 is 0. The molecule has 0 aromatic carbocycles. The molecule has 3 atom stereocenters. The van der Waals surface area contributed by atoms with Crippen LogP contribution in [0, 0.1) is 0 Å². The first kappa shape index (κ1) is 54.8. The normalized spacial score (nSPS) is 13.7. The minimum atomic E-state index is -0.796. The molecule has 0 radical (unpaired) electrons. The second-order valence-corrected chi connectivity index (χ2v) is 16.6. The number of allylic oxidation sites excluding steroid dienone is 8. The van der Waals surface area contributed by atoms with Gasteiger partial charge in [-0.3, -0.25) is 9.59 Å². The monoisotopic (exact) mass is 800 g/mol. The summed E-state index contributed by atoms with van der Waals surface area (Å²) in [5, 5.41) is 23.7. The maximum absolute atomic E-state index is 13.1. The van der Waals surface area contributed by atoms with Gasteiger partial charge in [-0.1, -0.05) is 230 Å². The molecule has 57 heavy (non-hydrogen) atoms. The summed E-state index contributed by atoms with van der Waals surface area (Å²) in [6, 6.07) is -0.712. The fourth-order valence-corrected chi connectivity index (χ4v) is 7.32. The van der Waals surface area contributed by atoms with Crippen LogP contribution in [0.2, 0.25) is 0 Å². The molecule has 0 spiro atoms. The molecule has 0 saturated heterocycles. The highest BCUT2D eigenvalue weighted by atomic mass is 16.5. The van der Waals surface area contributed by atoms with Crippen LogP contribution in [0.5, 0.6) is 0 Å². The summed E-state index contributed by atoms with van der Waals surface area (Å²) in [7, 11) is 0. The van der Waals surface area contributed by atoms with Gasteiger partial charge >= 0.3 is 5.97 Å². The predicted octanol–water partition coefficient (Wildman–Crippen LogP) is 14.3. The topological polar surface area (TPSA) is 95.9 Å². The first-order chi connectivity index (χ1) is 28.0. The van der Waals surface area contributed by atoms with Crippen LogP contribution in [-0.2, 0) is 14.3 Å². The van der Waals surface area contributed by atoms with E-state index in [1.54, 1.807) is 0 Å². The maximum atomic E-state index is 13.1. The van der Waals surface area contributed by atoms with Gasteiger partial charge in [-0.15, -0.1) is 0 Å². The van der Waals surface area contributed by atoms with Gasteiger partial charge in [0.1, 0.15) is 6.10 Å². The number of carbonyl (C=O) groups is 2. The average Bonchev–Trinajstić information content (AvgIpc) is 3.20. The van der Waals surface area contributed by atoms with Gasteiger partial charge in [-0.05, 0) is 44.9 Å². The highest BCUT2D eigenvalue weighted by Crippen LogP contribution is 2.18. The van der Waals surface area contributed by atoms with Crippen LogP contribution in [0.4, 0.5) is 0 Å². The molecule has 6 heteroatoms. The van der Waals surface area contributed by atoms with Crippen LogP contribution in [0.3, 0.4) is 0 Å². The third kappa shape index (κ3) is 40.4. The van der Waals surface area contributed by atoms with Gasteiger partial charge in [0.05, 0.1) is 25.2 Å². The van der Waals surface area contributed by atoms with Gasteiger partial charge in [0.25, 0.3) is 0 Å². The maximum Gasteiger partial charge on any atom is 0.306 e. The van der Waals surface area contributed by atoms with E-state index in [2.05, 4.69) is 50.4 Å². The lowest BCUT2D eigenvalue weighted by Crippen LogP contribution is -2.46. The molecule has 0 saturated carbocycles. The zero-order valence-corrected chi connectivity index (χ0v) is 37.7. The summed E-state index contributed by atoms with van der Waals surface area (Å²) in [4.78, 5) is 26.0. The quantitative estimate of drug-likeness (QED) is 0.0324. The lowest BCUT2D eigenvalue weighted by atomic mass is 10.0. The van der Waals surface area contributed by atoms with Gasteiger partial charge in [0.15, 0.2) is 0 Å². The van der Waals surface area contributed by atoms with Crippen LogP contribution >= 0.6 is 0 Å². The van der Waals surface area contributed by atoms with E-state index in [0.29, 0.717) is 19.3 Å². The molecule has 0 aromatic heterocycles. The Balaban J connectivity index is 4.55. The van der Waals surface area contributed by atoms with Crippen molar-refractivity contribution in [2.24, 2.45) is 0 Å². The fraction of sp³-hybridized carbons (Fsp3) is 0.804. The molecule has 0 aliphatic carbocycles. The fourth-order valence-electron chi connectivity index (χ4n) is 7.32. The lowest BCUT2D eigenvalue weighted by Gasteiger charge is -2.24. The Morgan fingerprint density at radius 3 is 1.44 bits per heavy atom. The first-order valence-corrected chi connectivity index (χ1v) is 24.4.